The second-order valence-electron chi connectivity index (χ2n) is 5.74. The lowest BCUT2D eigenvalue weighted by Gasteiger charge is -2.31. The molecule has 112 valence electrons. The van der Waals surface area contributed by atoms with Crippen LogP contribution in [-0.4, -0.2) is 17.5 Å². The highest BCUT2D eigenvalue weighted by molar-refractivity contribution is 5.30. The van der Waals surface area contributed by atoms with Crippen molar-refractivity contribution < 1.29 is 8.81 Å². The van der Waals surface area contributed by atoms with Gasteiger partial charge in [0.25, 0.3) is 0 Å². The molecule has 0 radical (unpaired) electrons. The second-order valence-corrected chi connectivity index (χ2v) is 5.74. The number of nitrogens with two attached hydrogens (primary N) is 1. The SMILES string of the molecule is Cc1cc(F)ccc1C(CN)N(Cc1ccco1)C1CC1. The van der Waals surface area contributed by atoms with Crippen molar-refractivity contribution in [3.63, 3.8) is 0 Å². The normalized spacial score (nSPS) is 16.4. The van der Waals surface area contributed by atoms with E-state index in [-0.39, 0.29) is 11.9 Å². The third kappa shape index (κ3) is 3.17. The van der Waals surface area contributed by atoms with Crippen LogP contribution < -0.4 is 5.73 Å². The molecule has 0 amide bonds. The molecule has 2 aromatic rings. The van der Waals surface area contributed by atoms with Crippen LogP contribution in [0.3, 0.4) is 0 Å². The van der Waals surface area contributed by atoms with Gasteiger partial charge in [-0.05, 0) is 55.2 Å². The van der Waals surface area contributed by atoms with Gasteiger partial charge in [0, 0.05) is 18.6 Å². The van der Waals surface area contributed by atoms with Crippen molar-refractivity contribution in [3.8, 4) is 0 Å². The number of halogens is 1. The molecule has 1 saturated carbocycles. The standard InChI is InChI=1S/C17H21FN2O/c1-12-9-13(18)4-7-16(12)17(10-19)20(14-5-6-14)11-15-3-2-8-21-15/h2-4,7-9,14,17H,5-6,10-11,19H2,1H3. The Balaban J connectivity index is 1.88. The van der Waals surface area contributed by atoms with E-state index in [4.69, 9.17) is 10.2 Å². The van der Waals surface area contributed by atoms with Crippen LogP contribution in [0.1, 0.15) is 35.8 Å². The Morgan fingerprint density at radius 3 is 2.76 bits per heavy atom. The number of nitrogens with zero attached hydrogens (tertiary/aromatic N) is 1. The zero-order valence-corrected chi connectivity index (χ0v) is 12.3. The molecule has 3 rings (SSSR count). The second kappa shape index (κ2) is 6.00. The zero-order chi connectivity index (χ0) is 14.8. The van der Waals surface area contributed by atoms with Crippen molar-refractivity contribution >= 4 is 0 Å². The van der Waals surface area contributed by atoms with Crippen LogP contribution in [0.15, 0.2) is 41.0 Å². The molecular formula is C17H21FN2O. The van der Waals surface area contributed by atoms with Crippen LogP contribution in [0, 0.1) is 12.7 Å². The van der Waals surface area contributed by atoms with Crippen LogP contribution in [-0.2, 0) is 6.54 Å². The fourth-order valence-corrected chi connectivity index (χ4v) is 2.94. The van der Waals surface area contributed by atoms with Crippen LogP contribution in [0.25, 0.3) is 0 Å². The van der Waals surface area contributed by atoms with E-state index in [1.807, 2.05) is 25.1 Å². The summed E-state index contributed by atoms with van der Waals surface area (Å²) in [6, 6.07) is 9.50. The van der Waals surface area contributed by atoms with Gasteiger partial charge in [0.05, 0.1) is 12.8 Å². The molecule has 1 aliphatic carbocycles. The number of benzene rings is 1. The maximum Gasteiger partial charge on any atom is 0.123 e. The molecule has 0 saturated heterocycles. The van der Waals surface area contributed by atoms with Gasteiger partial charge in [-0.25, -0.2) is 4.39 Å². The van der Waals surface area contributed by atoms with Gasteiger partial charge in [-0.1, -0.05) is 6.07 Å². The summed E-state index contributed by atoms with van der Waals surface area (Å²) in [5.41, 5.74) is 8.10. The molecule has 1 unspecified atom stereocenters. The lowest BCUT2D eigenvalue weighted by molar-refractivity contribution is 0.167. The summed E-state index contributed by atoms with van der Waals surface area (Å²) in [5, 5.41) is 0. The summed E-state index contributed by atoms with van der Waals surface area (Å²) >= 11 is 0. The van der Waals surface area contributed by atoms with Crippen LogP contribution in [0.2, 0.25) is 0 Å². The average Bonchev–Trinajstić information content (AvgIpc) is 3.18. The summed E-state index contributed by atoms with van der Waals surface area (Å²) in [4.78, 5) is 2.39. The number of furan rings is 1. The number of hydrogen-bond acceptors (Lipinski definition) is 3. The Kier molecular flexibility index (Phi) is 4.08. The van der Waals surface area contributed by atoms with Gasteiger partial charge in [-0.2, -0.15) is 0 Å². The topological polar surface area (TPSA) is 42.4 Å². The summed E-state index contributed by atoms with van der Waals surface area (Å²) in [5.74, 6) is 0.746. The number of aryl methyl sites for hydroxylation is 1. The molecule has 0 aliphatic heterocycles. The lowest BCUT2D eigenvalue weighted by Crippen LogP contribution is -2.35. The van der Waals surface area contributed by atoms with Crippen molar-refractivity contribution in [2.75, 3.05) is 6.54 Å². The van der Waals surface area contributed by atoms with Crippen LogP contribution in [0.4, 0.5) is 4.39 Å². The minimum atomic E-state index is -0.198. The Bertz CT molecular complexity index is 593. The van der Waals surface area contributed by atoms with E-state index in [1.54, 1.807) is 12.3 Å². The van der Waals surface area contributed by atoms with Gasteiger partial charge in [-0.15, -0.1) is 0 Å². The van der Waals surface area contributed by atoms with Crippen LogP contribution >= 0.6 is 0 Å². The minimum absolute atomic E-state index is 0.100. The Morgan fingerprint density at radius 1 is 1.38 bits per heavy atom. The van der Waals surface area contributed by atoms with E-state index in [9.17, 15) is 4.39 Å². The van der Waals surface area contributed by atoms with Gasteiger partial charge < -0.3 is 10.2 Å². The fourth-order valence-electron chi connectivity index (χ4n) is 2.94. The average molecular weight is 288 g/mol. The van der Waals surface area contributed by atoms with Gasteiger partial charge in [0.15, 0.2) is 0 Å². The Hall–Kier alpha value is -1.65. The number of hydrogen-bond donors (Lipinski definition) is 1. The number of rotatable bonds is 6. The van der Waals surface area contributed by atoms with E-state index >= 15 is 0 Å². The molecule has 4 heteroatoms. The van der Waals surface area contributed by atoms with Crippen molar-refractivity contribution in [3.05, 3.63) is 59.3 Å². The maximum absolute atomic E-state index is 13.3. The predicted octanol–water partition coefficient (Wildman–Crippen LogP) is 3.39. The van der Waals surface area contributed by atoms with Crippen molar-refractivity contribution in [2.24, 2.45) is 5.73 Å². The monoisotopic (exact) mass is 288 g/mol. The predicted molar refractivity (Wildman–Crippen MR) is 80.2 cm³/mol. The molecule has 0 spiro atoms. The van der Waals surface area contributed by atoms with Gasteiger partial charge >= 0.3 is 0 Å². The van der Waals surface area contributed by atoms with Gasteiger partial charge in [-0.3, -0.25) is 4.90 Å². The molecule has 1 aliphatic rings. The van der Waals surface area contributed by atoms with E-state index in [0.29, 0.717) is 12.6 Å². The molecule has 3 nitrogen and oxygen atoms in total. The van der Waals surface area contributed by atoms with Crippen molar-refractivity contribution in [1.29, 1.82) is 0 Å². The highest BCUT2D eigenvalue weighted by Gasteiger charge is 2.35. The quantitative estimate of drug-likeness (QED) is 0.886. The molecule has 1 aromatic heterocycles. The molecule has 1 heterocycles. The van der Waals surface area contributed by atoms with Gasteiger partial charge in [0.2, 0.25) is 0 Å². The highest BCUT2D eigenvalue weighted by atomic mass is 19.1. The largest absolute Gasteiger partial charge is 0.468 e. The molecule has 1 fully saturated rings. The van der Waals surface area contributed by atoms with E-state index in [0.717, 1.165) is 23.4 Å². The first kappa shape index (κ1) is 14.3. The third-order valence-corrected chi connectivity index (χ3v) is 4.15. The minimum Gasteiger partial charge on any atom is -0.468 e. The first-order chi connectivity index (χ1) is 10.2. The molecule has 0 bridgehead atoms. The Labute approximate surface area is 124 Å². The summed E-state index contributed by atoms with van der Waals surface area (Å²) in [6.45, 7) is 3.21. The first-order valence-electron chi connectivity index (χ1n) is 7.43. The molecular weight excluding hydrogens is 267 g/mol. The Morgan fingerprint density at radius 2 is 2.19 bits per heavy atom. The summed E-state index contributed by atoms with van der Waals surface area (Å²) in [6.07, 6.45) is 4.08. The zero-order valence-electron chi connectivity index (χ0n) is 12.3. The summed E-state index contributed by atoms with van der Waals surface area (Å²) < 4.78 is 18.8. The molecule has 1 atom stereocenters. The van der Waals surface area contributed by atoms with Crippen LogP contribution in [0.5, 0.6) is 0 Å². The molecule has 1 aromatic carbocycles. The van der Waals surface area contributed by atoms with E-state index < -0.39 is 0 Å². The highest BCUT2D eigenvalue weighted by Crippen LogP contribution is 2.36. The van der Waals surface area contributed by atoms with E-state index in [1.165, 1.54) is 18.9 Å². The van der Waals surface area contributed by atoms with Crippen molar-refractivity contribution in [2.45, 2.75) is 38.4 Å². The maximum atomic E-state index is 13.3. The van der Waals surface area contributed by atoms with Crippen molar-refractivity contribution in [1.82, 2.24) is 4.90 Å². The van der Waals surface area contributed by atoms with Gasteiger partial charge in [0.1, 0.15) is 11.6 Å². The fraction of sp³-hybridized carbons (Fsp3) is 0.412. The molecule has 2 N–H and O–H groups in total. The molecule has 21 heavy (non-hydrogen) atoms. The summed E-state index contributed by atoms with van der Waals surface area (Å²) in [7, 11) is 0. The van der Waals surface area contributed by atoms with E-state index in [2.05, 4.69) is 4.90 Å². The third-order valence-electron chi connectivity index (χ3n) is 4.15. The lowest BCUT2D eigenvalue weighted by atomic mass is 9.99. The first-order valence-corrected chi connectivity index (χ1v) is 7.43. The smallest absolute Gasteiger partial charge is 0.123 e.